The van der Waals surface area contributed by atoms with Crippen LogP contribution in [0.5, 0.6) is 0 Å². The van der Waals surface area contributed by atoms with Crippen LogP contribution in [0, 0.1) is 0 Å². The molecule has 4 aromatic carbocycles. The Balaban J connectivity index is 1.54. The van der Waals surface area contributed by atoms with E-state index in [-0.39, 0.29) is 23.0 Å². The Morgan fingerprint density at radius 2 is 1.39 bits per heavy atom. The molecule has 0 spiro atoms. The van der Waals surface area contributed by atoms with E-state index < -0.39 is 0 Å². The summed E-state index contributed by atoms with van der Waals surface area (Å²) in [6.45, 7) is 2.00. The smallest absolute Gasteiger partial charge is 0.137 e. The molecule has 0 N–H and O–H groups in total. The Hall–Kier alpha value is -3.99. The van der Waals surface area contributed by atoms with Crippen molar-refractivity contribution >= 4 is 40.2 Å². The van der Waals surface area contributed by atoms with Crippen LogP contribution in [0.2, 0.25) is 0 Å². The first-order chi connectivity index (χ1) is 18.6. The van der Waals surface area contributed by atoms with E-state index in [1.54, 1.807) is 6.92 Å². The minimum absolute atomic E-state index is 0.0834. The molecule has 190 valence electrons. The van der Waals surface area contributed by atoms with Crippen LogP contribution in [-0.2, 0) is 11.3 Å². The zero-order valence-corrected chi connectivity index (χ0v) is 22.2. The van der Waals surface area contributed by atoms with Crippen LogP contribution in [0.1, 0.15) is 53.7 Å². The second kappa shape index (κ2) is 11.6. The molecule has 1 aromatic heterocycles. The Labute approximate surface area is 228 Å². The number of ketones is 1. The number of aromatic nitrogens is 1. The number of rotatable bonds is 10. The van der Waals surface area contributed by atoms with Gasteiger partial charge in [-0.2, -0.15) is 12.6 Å². The molecule has 3 atom stereocenters. The van der Waals surface area contributed by atoms with Gasteiger partial charge in [-0.15, -0.1) is 0 Å². The molecule has 0 amide bonds. The molecular formula is C32H30N4OS. The van der Waals surface area contributed by atoms with E-state index in [9.17, 15) is 4.79 Å². The summed E-state index contributed by atoms with van der Waals surface area (Å²) in [6.07, 6.45) is 1.43. The molecule has 0 fully saturated rings. The van der Waals surface area contributed by atoms with Gasteiger partial charge in [-0.05, 0) is 60.0 Å². The summed E-state index contributed by atoms with van der Waals surface area (Å²) in [7, 11) is 0. The van der Waals surface area contributed by atoms with Gasteiger partial charge in [-0.25, -0.2) is 0 Å². The van der Waals surface area contributed by atoms with Gasteiger partial charge in [-0.3, -0.25) is 4.79 Å². The minimum atomic E-state index is -0.206. The van der Waals surface area contributed by atoms with Crippen molar-refractivity contribution in [2.45, 2.75) is 43.5 Å². The van der Waals surface area contributed by atoms with Crippen LogP contribution in [0.25, 0.3) is 32.2 Å². The number of nitrogens with zero attached hydrogens (tertiary/aromatic N) is 4. The molecule has 0 bridgehead atoms. The van der Waals surface area contributed by atoms with E-state index >= 15 is 0 Å². The van der Waals surface area contributed by atoms with Crippen molar-refractivity contribution in [3.05, 3.63) is 130 Å². The lowest BCUT2D eigenvalue weighted by molar-refractivity contribution is -0.118. The highest BCUT2D eigenvalue weighted by molar-refractivity contribution is 7.80. The van der Waals surface area contributed by atoms with E-state index in [4.69, 9.17) is 18.2 Å². The van der Waals surface area contributed by atoms with Gasteiger partial charge >= 0.3 is 0 Å². The highest BCUT2D eigenvalue weighted by Gasteiger charge is 2.26. The highest BCUT2D eigenvalue weighted by atomic mass is 32.1. The first-order valence-corrected chi connectivity index (χ1v) is 13.4. The monoisotopic (exact) mass is 518 g/mol. The summed E-state index contributed by atoms with van der Waals surface area (Å²) in [6, 6.07) is 35.2. The van der Waals surface area contributed by atoms with Crippen LogP contribution in [0.4, 0.5) is 0 Å². The number of benzene rings is 4. The van der Waals surface area contributed by atoms with Crippen molar-refractivity contribution < 1.29 is 4.79 Å². The summed E-state index contributed by atoms with van der Waals surface area (Å²) in [5.41, 5.74) is 14.1. The third-order valence-corrected chi connectivity index (χ3v) is 7.83. The van der Waals surface area contributed by atoms with Gasteiger partial charge in [0, 0.05) is 21.6 Å². The number of thiol groups is 1. The van der Waals surface area contributed by atoms with Crippen LogP contribution in [0.3, 0.4) is 0 Å². The predicted octanol–water partition coefficient (Wildman–Crippen LogP) is 8.97. The average molecular weight is 519 g/mol. The van der Waals surface area contributed by atoms with E-state index in [1.165, 1.54) is 10.8 Å². The third kappa shape index (κ3) is 5.33. The Morgan fingerprint density at radius 3 is 1.97 bits per heavy atom. The maximum absolute atomic E-state index is 12.9. The van der Waals surface area contributed by atoms with Crippen LogP contribution < -0.4 is 0 Å². The number of carbonyl (C=O) groups is 1. The fourth-order valence-electron chi connectivity index (χ4n) is 5.52. The molecule has 5 aromatic rings. The molecule has 0 aliphatic rings. The predicted molar refractivity (Wildman–Crippen MR) is 159 cm³/mol. The van der Waals surface area contributed by atoms with Crippen molar-refractivity contribution in [2.75, 3.05) is 0 Å². The standard InChI is InChI=1S/C32H30N4OS/c1-22(37)29(25-9-3-2-4-10-25)19-26(24-17-15-23(16-18-24)21-34-35-33)20-32(38)36-30-13-7-5-11-27(30)28-12-6-8-14-31(28)36/h2-18,26,29,32,38H,19-21H2,1H3. The number of para-hydroxylation sites is 2. The van der Waals surface area contributed by atoms with Crippen molar-refractivity contribution in [3.63, 3.8) is 0 Å². The molecule has 5 rings (SSSR count). The number of fused-ring (bicyclic) bond motifs is 3. The Bertz CT molecular complexity index is 1550. The topological polar surface area (TPSA) is 70.8 Å². The van der Waals surface area contributed by atoms with E-state index in [1.807, 2.05) is 42.5 Å². The number of azide groups is 1. The van der Waals surface area contributed by atoms with Crippen LogP contribution >= 0.6 is 12.6 Å². The Morgan fingerprint density at radius 1 is 0.816 bits per heavy atom. The molecular weight excluding hydrogens is 488 g/mol. The van der Waals surface area contributed by atoms with E-state index in [0.29, 0.717) is 13.0 Å². The lowest BCUT2D eigenvalue weighted by Crippen LogP contribution is -2.16. The molecule has 0 radical (unpaired) electrons. The Kier molecular flexibility index (Phi) is 7.83. The van der Waals surface area contributed by atoms with Gasteiger partial charge in [0.25, 0.3) is 0 Å². The second-order valence-electron chi connectivity index (χ2n) is 9.76. The second-order valence-corrected chi connectivity index (χ2v) is 10.4. The first kappa shape index (κ1) is 25.7. The number of Topliss-reactive ketones (excluding diaryl/α,β-unsaturated/α-hetero) is 1. The summed E-state index contributed by atoms with van der Waals surface area (Å²) in [5, 5.41) is 6.02. The quantitative estimate of drug-likeness (QED) is 0.0852. The first-order valence-electron chi connectivity index (χ1n) is 12.9. The number of hydrogen-bond acceptors (Lipinski definition) is 3. The zero-order chi connectivity index (χ0) is 26.5. The molecule has 0 aliphatic heterocycles. The maximum atomic E-state index is 12.9. The van der Waals surface area contributed by atoms with Gasteiger partial charge in [0.2, 0.25) is 0 Å². The van der Waals surface area contributed by atoms with Gasteiger partial charge in [0.1, 0.15) is 5.78 Å². The summed E-state index contributed by atoms with van der Waals surface area (Å²) < 4.78 is 2.32. The highest BCUT2D eigenvalue weighted by Crippen LogP contribution is 2.41. The van der Waals surface area contributed by atoms with E-state index in [2.05, 4.69) is 75.3 Å². The molecule has 3 unspecified atom stereocenters. The van der Waals surface area contributed by atoms with Crippen molar-refractivity contribution in [2.24, 2.45) is 5.11 Å². The van der Waals surface area contributed by atoms with Gasteiger partial charge in [0.05, 0.1) is 23.0 Å². The van der Waals surface area contributed by atoms with Crippen molar-refractivity contribution in [1.82, 2.24) is 4.57 Å². The zero-order valence-electron chi connectivity index (χ0n) is 21.3. The van der Waals surface area contributed by atoms with Gasteiger partial charge in [0.15, 0.2) is 0 Å². The fraction of sp³-hybridized carbons (Fsp3) is 0.219. The molecule has 6 heteroatoms. The van der Waals surface area contributed by atoms with Crippen molar-refractivity contribution in [3.8, 4) is 0 Å². The van der Waals surface area contributed by atoms with E-state index in [0.717, 1.165) is 34.1 Å². The van der Waals surface area contributed by atoms with Crippen LogP contribution in [-0.4, -0.2) is 10.4 Å². The number of hydrogen-bond donors (Lipinski definition) is 1. The summed E-state index contributed by atoms with van der Waals surface area (Å²) in [4.78, 5) is 15.7. The number of carbonyl (C=O) groups excluding carboxylic acids is 1. The molecule has 5 nitrogen and oxygen atoms in total. The largest absolute Gasteiger partial charge is 0.328 e. The van der Waals surface area contributed by atoms with Gasteiger partial charge in [-0.1, -0.05) is 96.1 Å². The molecule has 0 saturated carbocycles. The minimum Gasteiger partial charge on any atom is -0.328 e. The summed E-state index contributed by atoms with van der Waals surface area (Å²) >= 11 is 5.18. The molecule has 38 heavy (non-hydrogen) atoms. The third-order valence-electron chi connectivity index (χ3n) is 7.39. The lowest BCUT2D eigenvalue weighted by atomic mass is 9.81. The van der Waals surface area contributed by atoms with Crippen LogP contribution in [0.15, 0.2) is 108 Å². The molecule has 0 aliphatic carbocycles. The maximum Gasteiger partial charge on any atom is 0.137 e. The lowest BCUT2D eigenvalue weighted by Gasteiger charge is -2.27. The molecule has 1 heterocycles. The summed E-state index contributed by atoms with van der Waals surface area (Å²) in [5.74, 6) is 0.0385. The molecule has 0 saturated heterocycles. The average Bonchev–Trinajstić information content (AvgIpc) is 3.29. The normalized spacial score (nSPS) is 13.6. The SMILES string of the molecule is CC(=O)C(CC(CC(S)n1c2ccccc2c2ccccc21)c1ccc(CN=[N+]=[N-])cc1)c1ccccc1. The van der Waals surface area contributed by atoms with Crippen molar-refractivity contribution in [1.29, 1.82) is 0 Å². The van der Waals surface area contributed by atoms with Gasteiger partial charge < -0.3 is 4.57 Å². The fourth-order valence-corrected chi connectivity index (χ4v) is 6.02.